The molecule has 2 N–H and O–H groups in total. The first-order valence-corrected chi connectivity index (χ1v) is 3.76. The van der Waals surface area contributed by atoms with Crippen LogP contribution in [0.25, 0.3) is 0 Å². The van der Waals surface area contributed by atoms with E-state index in [4.69, 9.17) is 5.73 Å². The van der Waals surface area contributed by atoms with Crippen LogP contribution in [-0.2, 0) is 10.7 Å². The van der Waals surface area contributed by atoms with E-state index in [1.54, 1.807) is 0 Å². The summed E-state index contributed by atoms with van der Waals surface area (Å²) in [5, 5.41) is 0. The molecule has 48 valence electrons. The lowest BCUT2D eigenvalue weighted by Gasteiger charge is -2.31. The van der Waals surface area contributed by atoms with E-state index in [-0.39, 0.29) is 0 Å². The molecule has 1 aliphatic rings. The Hall–Kier alpha value is -0.0900. The summed E-state index contributed by atoms with van der Waals surface area (Å²) in [5.41, 5.74) is 5.35. The Morgan fingerprint density at radius 2 is 1.88 bits per heavy atom. The van der Waals surface area contributed by atoms with E-state index in [9.17, 15) is 8.42 Å². The summed E-state index contributed by atoms with van der Waals surface area (Å²) in [7, 11) is -2.38. The van der Waals surface area contributed by atoms with Crippen LogP contribution in [0.3, 0.4) is 0 Å². The second-order valence-corrected chi connectivity index (χ2v) is 3.62. The molecule has 0 aromatic rings. The standard InChI is InChI=1S/C4H9NO2S/c5-4(8(6)7)2-1-3-4/h8H,1-3,5H2. The van der Waals surface area contributed by atoms with Crippen LogP contribution in [-0.4, -0.2) is 13.3 Å². The maximum Gasteiger partial charge on any atom is 0.158 e. The van der Waals surface area contributed by atoms with Crippen molar-refractivity contribution in [1.82, 2.24) is 0 Å². The topological polar surface area (TPSA) is 60.2 Å². The normalized spacial score (nSPS) is 25.2. The largest absolute Gasteiger partial charge is 0.313 e. The van der Waals surface area contributed by atoms with Gasteiger partial charge in [-0.2, -0.15) is 0 Å². The molecule has 0 aromatic carbocycles. The van der Waals surface area contributed by atoms with Gasteiger partial charge in [-0.15, -0.1) is 0 Å². The van der Waals surface area contributed by atoms with Crippen LogP contribution in [0.4, 0.5) is 0 Å². The molecule has 0 amide bonds. The summed E-state index contributed by atoms with van der Waals surface area (Å²) in [4.78, 5) is -0.824. The van der Waals surface area contributed by atoms with E-state index < -0.39 is 15.6 Å². The maximum atomic E-state index is 10.2. The van der Waals surface area contributed by atoms with Gasteiger partial charge in [0, 0.05) is 0 Å². The molecule has 4 heteroatoms. The van der Waals surface area contributed by atoms with Crippen molar-refractivity contribution in [3.63, 3.8) is 0 Å². The molecule has 0 bridgehead atoms. The third-order valence-electron chi connectivity index (χ3n) is 1.58. The minimum atomic E-state index is -2.38. The lowest BCUT2D eigenvalue weighted by Crippen LogP contribution is -2.47. The molecule has 0 atom stereocenters. The smallest absolute Gasteiger partial charge is 0.158 e. The molecule has 0 unspecified atom stereocenters. The monoisotopic (exact) mass is 135 g/mol. The first kappa shape index (κ1) is 6.04. The summed E-state index contributed by atoms with van der Waals surface area (Å²) >= 11 is 0. The Bertz CT molecular complexity index is 151. The first-order chi connectivity index (χ1) is 3.65. The minimum Gasteiger partial charge on any atom is -0.313 e. The minimum absolute atomic E-state index is 0.645. The van der Waals surface area contributed by atoms with Gasteiger partial charge in [0.2, 0.25) is 0 Å². The highest BCUT2D eigenvalue weighted by molar-refractivity contribution is 7.74. The molecule has 0 saturated heterocycles. The number of hydrogen-bond acceptors (Lipinski definition) is 3. The quantitative estimate of drug-likeness (QED) is 0.474. The lowest BCUT2D eigenvalue weighted by molar-refractivity contribution is 0.354. The Labute approximate surface area is 49.8 Å². The van der Waals surface area contributed by atoms with Crippen molar-refractivity contribution in [2.24, 2.45) is 5.73 Å². The van der Waals surface area contributed by atoms with Crippen molar-refractivity contribution >= 4 is 10.7 Å². The number of nitrogens with two attached hydrogens (primary N) is 1. The van der Waals surface area contributed by atoms with Crippen molar-refractivity contribution in [3.8, 4) is 0 Å². The highest BCUT2D eigenvalue weighted by Crippen LogP contribution is 2.29. The van der Waals surface area contributed by atoms with Gasteiger partial charge in [0.15, 0.2) is 10.7 Å². The highest BCUT2D eigenvalue weighted by Gasteiger charge is 2.35. The van der Waals surface area contributed by atoms with Crippen molar-refractivity contribution < 1.29 is 8.42 Å². The Morgan fingerprint density at radius 1 is 1.38 bits per heavy atom. The third kappa shape index (κ3) is 0.736. The Morgan fingerprint density at radius 3 is 1.88 bits per heavy atom. The van der Waals surface area contributed by atoms with Gasteiger partial charge < -0.3 is 5.73 Å². The van der Waals surface area contributed by atoms with E-state index in [0.717, 1.165) is 6.42 Å². The summed E-state index contributed by atoms with van der Waals surface area (Å²) < 4.78 is 20.4. The van der Waals surface area contributed by atoms with Crippen molar-refractivity contribution in [2.75, 3.05) is 0 Å². The van der Waals surface area contributed by atoms with Crippen LogP contribution in [0.1, 0.15) is 19.3 Å². The number of rotatable bonds is 1. The van der Waals surface area contributed by atoms with Crippen molar-refractivity contribution in [2.45, 2.75) is 24.1 Å². The molecule has 1 aliphatic carbocycles. The molecule has 0 aliphatic heterocycles. The van der Waals surface area contributed by atoms with Crippen LogP contribution in [0.2, 0.25) is 0 Å². The van der Waals surface area contributed by atoms with Gasteiger partial charge in [0.05, 0.1) is 0 Å². The summed E-state index contributed by atoms with van der Waals surface area (Å²) in [6.07, 6.45) is 2.25. The number of hydrogen-bond donors (Lipinski definition) is 2. The maximum absolute atomic E-state index is 10.2. The van der Waals surface area contributed by atoms with Crippen LogP contribution < -0.4 is 5.73 Å². The van der Waals surface area contributed by atoms with Crippen molar-refractivity contribution in [1.29, 1.82) is 0 Å². The van der Waals surface area contributed by atoms with E-state index >= 15 is 0 Å². The highest BCUT2D eigenvalue weighted by atomic mass is 32.2. The van der Waals surface area contributed by atoms with Crippen LogP contribution in [0.15, 0.2) is 0 Å². The molecule has 1 fully saturated rings. The Balaban J connectivity index is 2.67. The molecule has 0 aromatic heterocycles. The fourth-order valence-electron chi connectivity index (χ4n) is 0.722. The average molecular weight is 135 g/mol. The second-order valence-electron chi connectivity index (χ2n) is 2.21. The first-order valence-electron chi connectivity index (χ1n) is 2.58. The van der Waals surface area contributed by atoms with Crippen LogP contribution >= 0.6 is 0 Å². The molecule has 3 nitrogen and oxygen atoms in total. The van der Waals surface area contributed by atoms with E-state index in [1.807, 2.05) is 0 Å². The predicted octanol–water partition coefficient (Wildman–Crippen LogP) is -0.563. The van der Waals surface area contributed by atoms with Gasteiger partial charge in [-0.25, -0.2) is 8.42 Å². The van der Waals surface area contributed by atoms with Gasteiger partial charge in [-0.1, -0.05) is 0 Å². The molecular formula is C4H9NO2S. The molecule has 1 rings (SSSR count). The van der Waals surface area contributed by atoms with Crippen molar-refractivity contribution in [3.05, 3.63) is 0 Å². The zero-order valence-electron chi connectivity index (χ0n) is 4.46. The van der Waals surface area contributed by atoms with Gasteiger partial charge in [-0.05, 0) is 19.3 Å². The summed E-state index contributed by atoms with van der Waals surface area (Å²) in [6.45, 7) is 0. The van der Waals surface area contributed by atoms with E-state index in [2.05, 4.69) is 0 Å². The van der Waals surface area contributed by atoms with Gasteiger partial charge in [0.25, 0.3) is 0 Å². The SMILES string of the molecule is NC1([SH](=O)=O)CCC1. The molecule has 0 spiro atoms. The lowest BCUT2D eigenvalue weighted by atomic mass is 9.93. The fraction of sp³-hybridized carbons (Fsp3) is 1.00. The third-order valence-corrected chi connectivity index (χ3v) is 2.76. The van der Waals surface area contributed by atoms with Gasteiger partial charge in [0.1, 0.15) is 4.87 Å². The molecule has 8 heavy (non-hydrogen) atoms. The average Bonchev–Trinajstić information content (AvgIpc) is 1.60. The second kappa shape index (κ2) is 1.70. The summed E-state index contributed by atoms with van der Waals surface area (Å²) in [6, 6.07) is 0. The fourth-order valence-corrected chi connectivity index (χ4v) is 1.40. The number of thiol groups is 1. The predicted molar refractivity (Wildman–Crippen MR) is 31.1 cm³/mol. The molecular weight excluding hydrogens is 126 g/mol. The van der Waals surface area contributed by atoms with Crippen LogP contribution in [0.5, 0.6) is 0 Å². The Kier molecular flexibility index (Phi) is 1.28. The zero-order valence-corrected chi connectivity index (χ0v) is 5.36. The molecule has 0 radical (unpaired) electrons. The van der Waals surface area contributed by atoms with Crippen LogP contribution in [0, 0.1) is 0 Å². The van der Waals surface area contributed by atoms with E-state index in [0.29, 0.717) is 12.8 Å². The van der Waals surface area contributed by atoms with E-state index in [1.165, 1.54) is 0 Å². The van der Waals surface area contributed by atoms with Gasteiger partial charge >= 0.3 is 0 Å². The zero-order chi connectivity index (χ0) is 6.20. The van der Waals surface area contributed by atoms with Gasteiger partial charge in [-0.3, -0.25) is 0 Å². The molecule has 1 saturated carbocycles. The molecule has 0 heterocycles. The summed E-state index contributed by atoms with van der Waals surface area (Å²) in [5.74, 6) is 0.